The van der Waals surface area contributed by atoms with Crippen LogP contribution < -0.4 is 11.1 Å². The Morgan fingerprint density at radius 3 is 2.76 bits per heavy atom. The van der Waals surface area contributed by atoms with Crippen LogP contribution >= 0.6 is 0 Å². The predicted octanol–water partition coefficient (Wildman–Crippen LogP) is 2.89. The van der Waals surface area contributed by atoms with Crippen LogP contribution in [0.2, 0.25) is 0 Å². The summed E-state index contributed by atoms with van der Waals surface area (Å²) in [5.41, 5.74) is 11.3. The fourth-order valence-corrected chi connectivity index (χ4v) is 1.72. The number of hydrogen-bond acceptors (Lipinski definition) is 3. The summed E-state index contributed by atoms with van der Waals surface area (Å²) in [6.45, 7) is 4.86. The smallest absolute Gasteiger partial charge is 0.0576 e. The first-order valence-electron chi connectivity index (χ1n) is 5.66. The molecule has 2 aromatic rings. The molecule has 17 heavy (non-hydrogen) atoms. The molecule has 3 heteroatoms. The van der Waals surface area contributed by atoms with E-state index >= 15 is 0 Å². The van der Waals surface area contributed by atoms with Gasteiger partial charge in [-0.1, -0.05) is 6.07 Å². The molecule has 0 fully saturated rings. The quantitative estimate of drug-likeness (QED) is 0.793. The van der Waals surface area contributed by atoms with Crippen LogP contribution in [0.15, 0.2) is 36.7 Å². The third-order valence-electron chi connectivity index (χ3n) is 2.82. The van der Waals surface area contributed by atoms with E-state index in [-0.39, 0.29) is 0 Å². The zero-order valence-corrected chi connectivity index (χ0v) is 10.2. The van der Waals surface area contributed by atoms with Crippen LogP contribution in [0.5, 0.6) is 0 Å². The Bertz CT molecular complexity index is 521. The first kappa shape index (κ1) is 11.5. The van der Waals surface area contributed by atoms with Gasteiger partial charge in [-0.3, -0.25) is 4.98 Å². The Kier molecular flexibility index (Phi) is 3.28. The number of anilines is 2. The lowest BCUT2D eigenvalue weighted by atomic mass is 10.1. The zero-order chi connectivity index (χ0) is 12.3. The second kappa shape index (κ2) is 4.87. The molecular weight excluding hydrogens is 210 g/mol. The van der Waals surface area contributed by atoms with E-state index in [9.17, 15) is 0 Å². The summed E-state index contributed by atoms with van der Waals surface area (Å²) < 4.78 is 0. The molecule has 3 N–H and O–H groups in total. The van der Waals surface area contributed by atoms with Gasteiger partial charge in [0, 0.05) is 18.9 Å². The highest BCUT2D eigenvalue weighted by molar-refractivity contribution is 5.66. The van der Waals surface area contributed by atoms with E-state index in [1.807, 2.05) is 31.3 Å². The minimum absolute atomic E-state index is 0.743. The topological polar surface area (TPSA) is 50.9 Å². The van der Waals surface area contributed by atoms with Crippen LogP contribution in [0.1, 0.15) is 16.7 Å². The molecule has 0 bridgehead atoms. The molecule has 0 radical (unpaired) electrons. The highest BCUT2D eigenvalue weighted by Crippen LogP contribution is 2.20. The number of aryl methyl sites for hydroxylation is 2. The van der Waals surface area contributed by atoms with Crippen LogP contribution in [0.25, 0.3) is 0 Å². The van der Waals surface area contributed by atoms with Crippen molar-refractivity contribution in [1.82, 2.24) is 4.98 Å². The van der Waals surface area contributed by atoms with Crippen molar-refractivity contribution in [3.05, 3.63) is 53.3 Å². The number of benzene rings is 1. The predicted molar refractivity (Wildman–Crippen MR) is 71.9 cm³/mol. The molecule has 1 heterocycles. The SMILES string of the molecule is Cc1ccc(NCc2cnccc2C)c(N)c1. The number of aromatic nitrogens is 1. The van der Waals surface area contributed by atoms with Gasteiger partial charge >= 0.3 is 0 Å². The van der Waals surface area contributed by atoms with Gasteiger partial charge in [-0.05, 0) is 48.7 Å². The van der Waals surface area contributed by atoms with Crippen LogP contribution in [-0.2, 0) is 6.54 Å². The summed E-state index contributed by atoms with van der Waals surface area (Å²) in [4.78, 5) is 4.12. The summed E-state index contributed by atoms with van der Waals surface area (Å²) in [5, 5.41) is 3.33. The fraction of sp³-hybridized carbons (Fsp3) is 0.214. The maximum absolute atomic E-state index is 5.95. The average molecular weight is 227 g/mol. The molecule has 0 saturated heterocycles. The molecule has 2 rings (SSSR count). The molecule has 0 aliphatic rings. The van der Waals surface area contributed by atoms with Crippen molar-refractivity contribution in [3.8, 4) is 0 Å². The van der Waals surface area contributed by atoms with E-state index in [1.165, 1.54) is 16.7 Å². The minimum Gasteiger partial charge on any atom is -0.397 e. The summed E-state index contributed by atoms with van der Waals surface area (Å²) in [6.07, 6.45) is 3.69. The second-order valence-electron chi connectivity index (χ2n) is 4.25. The van der Waals surface area contributed by atoms with Gasteiger partial charge in [0.2, 0.25) is 0 Å². The van der Waals surface area contributed by atoms with E-state index in [0.29, 0.717) is 0 Å². The van der Waals surface area contributed by atoms with Crippen LogP contribution in [0.4, 0.5) is 11.4 Å². The summed E-state index contributed by atoms with van der Waals surface area (Å²) >= 11 is 0. The molecule has 88 valence electrons. The minimum atomic E-state index is 0.743. The number of hydrogen-bond donors (Lipinski definition) is 2. The zero-order valence-electron chi connectivity index (χ0n) is 10.2. The summed E-state index contributed by atoms with van der Waals surface area (Å²) in [6, 6.07) is 8.04. The van der Waals surface area contributed by atoms with Gasteiger partial charge in [-0.15, -0.1) is 0 Å². The largest absolute Gasteiger partial charge is 0.397 e. The van der Waals surface area contributed by atoms with E-state index in [0.717, 1.165) is 17.9 Å². The maximum atomic E-state index is 5.95. The third-order valence-corrected chi connectivity index (χ3v) is 2.82. The third kappa shape index (κ3) is 2.75. The van der Waals surface area contributed by atoms with Crippen molar-refractivity contribution in [1.29, 1.82) is 0 Å². The number of rotatable bonds is 3. The molecule has 0 aliphatic carbocycles. The Morgan fingerprint density at radius 1 is 1.24 bits per heavy atom. The van der Waals surface area contributed by atoms with Crippen molar-refractivity contribution < 1.29 is 0 Å². The van der Waals surface area contributed by atoms with Gasteiger partial charge in [0.25, 0.3) is 0 Å². The van der Waals surface area contributed by atoms with Gasteiger partial charge in [0.1, 0.15) is 0 Å². The van der Waals surface area contributed by atoms with Gasteiger partial charge < -0.3 is 11.1 Å². The van der Waals surface area contributed by atoms with Crippen molar-refractivity contribution in [2.45, 2.75) is 20.4 Å². The number of nitrogens with two attached hydrogens (primary N) is 1. The number of nitrogens with one attached hydrogen (secondary N) is 1. The lowest BCUT2D eigenvalue weighted by Gasteiger charge is -2.11. The lowest BCUT2D eigenvalue weighted by molar-refractivity contribution is 1.08. The Balaban J connectivity index is 2.10. The van der Waals surface area contributed by atoms with Crippen molar-refractivity contribution in [3.63, 3.8) is 0 Å². The van der Waals surface area contributed by atoms with Crippen molar-refractivity contribution in [2.75, 3.05) is 11.1 Å². The highest BCUT2D eigenvalue weighted by Gasteiger charge is 2.01. The first-order valence-corrected chi connectivity index (χ1v) is 5.66. The Labute approximate surface area is 102 Å². The van der Waals surface area contributed by atoms with E-state index in [1.54, 1.807) is 6.20 Å². The number of nitrogens with zero attached hydrogens (tertiary/aromatic N) is 1. The summed E-state index contributed by atoms with van der Waals surface area (Å²) in [5.74, 6) is 0. The first-order chi connectivity index (χ1) is 8.16. The van der Waals surface area contributed by atoms with E-state index in [2.05, 4.69) is 23.3 Å². The molecule has 1 aromatic carbocycles. The van der Waals surface area contributed by atoms with E-state index in [4.69, 9.17) is 5.73 Å². The van der Waals surface area contributed by atoms with Gasteiger partial charge in [-0.25, -0.2) is 0 Å². The normalized spacial score (nSPS) is 10.2. The summed E-state index contributed by atoms with van der Waals surface area (Å²) in [7, 11) is 0. The molecule has 3 nitrogen and oxygen atoms in total. The van der Waals surface area contributed by atoms with Crippen molar-refractivity contribution >= 4 is 11.4 Å². The average Bonchev–Trinajstić information content (AvgIpc) is 2.30. The van der Waals surface area contributed by atoms with Gasteiger partial charge in [0.05, 0.1) is 11.4 Å². The highest BCUT2D eigenvalue weighted by atomic mass is 14.9. The van der Waals surface area contributed by atoms with Crippen molar-refractivity contribution in [2.24, 2.45) is 0 Å². The standard InChI is InChI=1S/C14H17N3/c1-10-3-4-14(13(15)7-10)17-9-12-8-16-6-5-11(12)2/h3-8,17H,9,15H2,1-2H3. The molecule has 0 aliphatic heterocycles. The van der Waals surface area contributed by atoms with Crippen LogP contribution in [0.3, 0.4) is 0 Å². The molecule has 0 saturated carbocycles. The lowest BCUT2D eigenvalue weighted by Crippen LogP contribution is -2.04. The van der Waals surface area contributed by atoms with Gasteiger partial charge in [0.15, 0.2) is 0 Å². The number of pyridine rings is 1. The molecular formula is C14H17N3. The van der Waals surface area contributed by atoms with E-state index < -0.39 is 0 Å². The van der Waals surface area contributed by atoms with Crippen LogP contribution in [-0.4, -0.2) is 4.98 Å². The Hall–Kier alpha value is -2.03. The Morgan fingerprint density at radius 2 is 2.06 bits per heavy atom. The monoisotopic (exact) mass is 227 g/mol. The molecule has 0 atom stereocenters. The maximum Gasteiger partial charge on any atom is 0.0576 e. The molecule has 1 aromatic heterocycles. The molecule has 0 unspecified atom stereocenters. The second-order valence-corrected chi connectivity index (χ2v) is 4.25. The van der Waals surface area contributed by atoms with Crippen LogP contribution in [0, 0.1) is 13.8 Å². The molecule has 0 spiro atoms. The number of nitrogen functional groups attached to an aromatic ring is 1. The van der Waals surface area contributed by atoms with Gasteiger partial charge in [-0.2, -0.15) is 0 Å². The molecule has 0 amide bonds. The fourth-order valence-electron chi connectivity index (χ4n) is 1.72.